The molecular formula is C19H20Br2N2O4. The van der Waals surface area contributed by atoms with Crippen molar-refractivity contribution >= 4 is 43.7 Å². The fourth-order valence-electron chi connectivity index (χ4n) is 2.19. The van der Waals surface area contributed by atoms with Crippen LogP contribution in [0, 0.1) is 0 Å². The number of hydrogen-bond donors (Lipinski definition) is 2. The van der Waals surface area contributed by atoms with Crippen LogP contribution in [0.2, 0.25) is 0 Å². The molecule has 2 aromatic rings. The Kier molecular flexibility index (Phi) is 8.12. The van der Waals surface area contributed by atoms with Crippen LogP contribution in [0.15, 0.2) is 45.3 Å². The predicted molar refractivity (Wildman–Crippen MR) is 110 cm³/mol. The van der Waals surface area contributed by atoms with E-state index in [1.165, 1.54) is 7.11 Å². The van der Waals surface area contributed by atoms with Crippen LogP contribution < -0.4 is 20.3 Å². The maximum Gasteiger partial charge on any atom is 0.273 e. The molecule has 27 heavy (non-hydrogen) atoms. The van der Waals surface area contributed by atoms with E-state index in [0.29, 0.717) is 33.7 Å². The second-order valence-corrected chi connectivity index (χ2v) is 7.37. The highest BCUT2D eigenvalue weighted by atomic mass is 79.9. The van der Waals surface area contributed by atoms with E-state index in [1.54, 1.807) is 36.4 Å². The lowest BCUT2D eigenvalue weighted by Crippen LogP contribution is -2.41. The average molecular weight is 500 g/mol. The normalized spacial score (nSPS) is 10.2. The quantitative estimate of drug-likeness (QED) is 0.435. The minimum atomic E-state index is -0.469. The fourth-order valence-corrected chi connectivity index (χ4v) is 3.09. The first-order chi connectivity index (χ1) is 13.0. The van der Waals surface area contributed by atoms with Crippen LogP contribution in [0.25, 0.3) is 0 Å². The molecule has 0 heterocycles. The van der Waals surface area contributed by atoms with Gasteiger partial charge in [0.2, 0.25) is 0 Å². The number of carbonyl (C=O) groups is 2. The van der Waals surface area contributed by atoms with Crippen LogP contribution >= 0.6 is 31.9 Å². The summed E-state index contributed by atoms with van der Waals surface area (Å²) in [6.07, 6.45) is 1.88. The van der Waals surface area contributed by atoms with Gasteiger partial charge < -0.3 is 9.47 Å². The molecule has 6 nitrogen and oxygen atoms in total. The van der Waals surface area contributed by atoms with E-state index in [2.05, 4.69) is 49.6 Å². The van der Waals surface area contributed by atoms with Crippen LogP contribution in [0.4, 0.5) is 0 Å². The Morgan fingerprint density at radius 2 is 1.70 bits per heavy atom. The lowest BCUT2D eigenvalue weighted by molar-refractivity contribution is 0.0844. The average Bonchev–Trinajstić information content (AvgIpc) is 2.67. The number of halogens is 2. The molecule has 0 fully saturated rings. The summed E-state index contributed by atoms with van der Waals surface area (Å²) in [5, 5.41) is 0. The van der Waals surface area contributed by atoms with E-state index >= 15 is 0 Å². The molecule has 2 rings (SSSR count). The topological polar surface area (TPSA) is 76.7 Å². The van der Waals surface area contributed by atoms with Crippen molar-refractivity contribution in [3.05, 3.63) is 56.5 Å². The smallest absolute Gasteiger partial charge is 0.273 e. The molecule has 0 bridgehead atoms. The maximum absolute atomic E-state index is 12.5. The summed E-state index contributed by atoms with van der Waals surface area (Å²) in [4.78, 5) is 24.8. The van der Waals surface area contributed by atoms with Gasteiger partial charge in [0.05, 0.1) is 23.8 Å². The van der Waals surface area contributed by atoms with Crippen molar-refractivity contribution in [3.8, 4) is 11.5 Å². The van der Waals surface area contributed by atoms with Gasteiger partial charge in [0.15, 0.2) is 0 Å². The highest BCUT2D eigenvalue weighted by molar-refractivity contribution is 9.10. The Balaban J connectivity index is 2.05. The first-order valence-electron chi connectivity index (χ1n) is 8.32. The molecular weight excluding hydrogens is 480 g/mol. The Labute approximate surface area is 174 Å². The van der Waals surface area contributed by atoms with E-state index in [1.807, 2.05) is 0 Å². The highest BCUT2D eigenvalue weighted by Gasteiger charge is 2.15. The van der Waals surface area contributed by atoms with Gasteiger partial charge >= 0.3 is 0 Å². The summed E-state index contributed by atoms with van der Waals surface area (Å²) >= 11 is 6.67. The zero-order valence-corrected chi connectivity index (χ0v) is 18.1. The van der Waals surface area contributed by atoms with Crippen molar-refractivity contribution in [2.45, 2.75) is 19.8 Å². The second kappa shape index (κ2) is 10.3. The molecule has 0 aliphatic carbocycles. The molecule has 2 N–H and O–H groups in total. The zero-order valence-electron chi connectivity index (χ0n) is 15.0. The standard InChI is InChI=1S/C19H20Br2N2O4/c1-3-4-9-27-16-8-6-13(20)11-14(16)19(25)23-22-18(24)12-5-7-17(26-2)15(21)10-12/h5-8,10-11H,3-4,9H2,1-2H3,(H,22,24)(H,23,25). The number of nitrogens with one attached hydrogen (secondary N) is 2. The molecule has 0 atom stereocenters. The first-order valence-corrected chi connectivity index (χ1v) is 9.91. The summed E-state index contributed by atoms with van der Waals surface area (Å²) in [7, 11) is 1.54. The third kappa shape index (κ3) is 5.97. The van der Waals surface area contributed by atoms with Crippen LogP contribution in [0.5, 0.6) is 11.5 Å². The molecule has 0 saturated heterocycles. The van der Waals surface area contributed by atoms with Crippen molar-refractivity contribution in [3.63, 3.8) is 0 Å². The number of amides is 2. The van der Waals surface area contributed by atoms with Gasteiger partial charge in [-0.25, -0.2) is 0 Å². The Bertz CT molecular complexity index is 827. The molecule has 2 aromatic carbocycles. The number of rotatable bonds is 7. The number of unbranched alkanes of at least 4 members (excludes halogenated alkanes) is 1. The lowest BCUT2D eigenvalue weighted by Gasteiger charge is -2.13. The van der Waals surface area contributed by atoms with E-state index in [-0.39, 0.29) is 0 Å². The second-order valence-electron chi connectivity index (χ2n) is 5.60. The van der Waals surface area contributed by atoms with Crippen molar-refractivity contribution in [1.82, 2.24) is 10.9 Å². The van der Waals surface area contributed by atoms with Crippen molar-refractivity contribution in [2.24, 2.45) is 0 Å². The summed E-state index contributed by atoms with van der Waals surface area (Å²) in [5.41, 5.74) is 5.52. The van der Waals surface area contributed by atoms with E-state index < -0.39 is 11.8 Å². The van der Waals surface area contributed by atoms with Crippen LogP contribution in [-0.2, 0) is 0 Å². The summed E-state index contributed by atoms with van der Waals surface area (Å²) < 4.78 is 12.2. The largest absolute Gasteiger partial charge is 0.496 e. The van der Waals surface area contributed by atoms with Gasteiger partial charge in [-0.05, 0) is 58.7 Å². The third-order valence-electron chi connectivity index (χ3n) is 3.65. The van der Waals surface area contributed by atoms with Gasteiger partial charge in [0.25, 0.3) is 11.8 Å². The molecule has 0 aliphatic rings. The predicted octanol–water partition coefficient (Wildman–Crippen LogP) is 4.47. The van der Waals surface area contributed by atoms with Crippen molar-refractivity contribution in [2.75, 3.05) is 13.7 Å². The fraction of sp³-hybridized carbons (Fsp3) is 0.263. The van der Waals surface area contributed by atoms with E-state index in [4.69, 9.17) is 9.47 Å². The minimum Gasteiger partial charge on any atom is -0.496 e. The molecule has 0 unspecified atom stereocenters. The minimum absolute atomic E-state index is 0.330. The number of benzene rings is 2. The van der Waals surface area contributed by atoms with Gasteiger partial charge in [-0.1, -0.05) is 29.3 Å². The Morgan fingerprint density at radius 3 is 2.37 bits per heavy atom. The molecule has 8 heteroatoms. The van der Waals surface area contributed by atoms with Crippen LogP contribution in [0.3, 0.4) is 0 Å². The third-order valence-corrected chi connectivity index (χ3v) is 4.76. The maximum atomic E-state index is 12.5. The lowest BCUT2D eigenvalue weighted by atomic mass is 10.2. The number of carbonyl (C=O) groups excluding carboxylic acids is 2. The van der Waals surface area contributed by atoms with Gasteiger partial charge in [-0.15, -0.1) is 0 Å². The molecule has 0 aromatic heterocycles. The Hall–Kier alpha value is -2.06. The monoisotopic (exact) mass is 498 g/mol. The van der Waals surface area contributed by atoms with Crippen LogP contribution in [0.1, 0.15) is 40.5 Å². The Morgan fingerprint density at radius 1 is 1.00 bits per heavy atom. The highest BCUT2D eigenvalue weighted by Crippen LogP contribution is 2.26. The molecule has 144 valence electrons. The summed E-state index contributed by atoms with van der Waals surface area (Å²) in [5.74, 6) is 0.156. The van der Waals surface area contributed by atoms with Crippen molar-refractivity contribution in [1.29, 1.82) is 0 Å². The molecule has 2 amide bonds. The molecule has 0 aliphatic heterocycles. The zero-order chi connectivity index (χ0) is 19.8. The molecule has 0 spiro atoms. The van der Waals surface area contributed by atoms with E-state index in [0.717, 1.165) is 17.3 Å². The SMILES string of the molecule is CCCCOc1ccc(Br)cc1C(=O)NNC(=O)c1ccc(OC)c(Br)c1. The number of hydrogen-bond acceptors (Lipinski definition) is 4. The summed E-state index contributed by atoms with van der Waals surface area (Å²) in [6, 6.07) is 10.0. The van der Waals surface area contributed by atoms with Gasteiger partial charge in [0, 0.05) is 10.0 Å². The number of methoxy groups -OCH3 is 1. The summed E-state index contributed by atoms with van der Waals surface area (Å²) in [6.45, 7) is 2.58. The van der Waals surface area contributed by atoms with Crippen molar-refractivity contribution < 1.29 is 19.1 Å². The van der Waals surface area contributed by atoms with Gasteiger partial charge in [-0.2, -0.15) is 0 Å². The van der Waals surface area contributed by atoms with Gasteiger partial charge in [-0.3, -0.25) is 20.4 Å². The molecule has 0 saturated carbocycles. The molecule has 0 radical (unpaired) electrons. The van der Waals surface area contributed by atoms with Crippen LogP contribution in [-0.4, -0.2) is 25.5 Å². The van der Waals surface area contributed by atoms with E-state index in [9.17, 15) is 9.59 Å². The first kappa shape index (κ1) is 21.2. The number of hydrazine groups is 1. The van der Waals surface area contributed by atoms with Gasteiger partial charge in [0.1, 0.15) is 11.5 Å². The number of ether oxygens (including phenoxy) is 2.